The molecule has 1 heterocycles. The number of piperidine rings is 1. The Morgan fingerprint density at radius 2 is 1.67 bits per heavy atom. The zero-order chi connectivity index (χ0) is 13.5. The van der Waals surface area contributed by atoms with E-state index in [1.165, 1.54) is 52.0 Å². The van der Waals surface area contributed by atoms with Crippen LogP contribution in [0.3, 0.4) is 0 Å². The second kappa shape index (κ2) is 8.16. The smallest absolute Gasteiger partial charge is 0.000756 e. The van der Waals surface area contributed by atoms with Crippen molar-refractivity contribution in [1.29, 1.82) is 0 Å². The van der Waals surface area contributed by atoms with Crippen LogP contribution in [0.15, 0.2) is 0 Å². The third kappa shape index (κ3) is 6.75. The highest BCUT2D eigenvalue weighted by atomic mass is 15.1. The molecule has 0 bridgehead atoms. The van der Waals surface area contributed by atoms with E-state index in [1.807, 2.05) is 0 Å². The molecule has 1 fully saturated rings. The van der Waals surface area contributed by atoms with Crippen molar-refractivity contribution < 1.29 is 0 Å². The van der Waals surface area contributed by atoms with Gasteiger partial charge in [0.05, 0.1) is 0 Å². The standard InChI is InChI=1S/C16H34N2/c1-14(2)6-9-17(5)13-16-7-10-18(11-8-16)12-15(3)4/h14-16H,6-13H2,1-5H3. The summed E-state index contributed by atoms with van der Waals surface area (Å²) >= 11 is 0. The van der Waals surface area contributed by atoms with Crippen molar-refractivity contribution in [2.75, 3.05) is 39.8 Å². The summed E-state index contributed by atoms with van der Waals surface area (Å²) < 4.78 is 0. The molecule has 0 spiro atoms. The van der Waals surface area contributed by atoms with Crippen molar-refractivity contribution in [3.63, 3.8) is 0 Å². The first-order valence-electron chi connectivity index (χ1n) is 7.88. The molecule has 0 aliphatic carbocycles. The summed E-state index contributed by atoms with van der Waals surface area (Å²) in [4.78, 5) is 5.19. The molecule has 0 radical (unpaired) electrons. The van der Waals surface area contributed by atoms with E-state index in [4.69, 9.17) is 0 Å². The van der Waals surface area contributed by atoms with E-state index < -0.39 is 0 Å². The highest BCUT2D eigenvalue weighted by molar-refractivity contribution is 4.75. The summed E-state index contributed by atoms with van der Waals surface area (Å²) in [5, 5.41) is 0. The molecule has 0 aromatic carbocycles. The minimum absolute atomic E-state index is 0.815. The normalized spacial score (nSPS) is 19.3. The van der Waals surface area contributed by atoms with E-state index in [0.717, 1.165) is 17.8 Å². The predicted octanol–water partition coefficient (Wildman–Crippen LogP) is 3.33. The van der Waals surface area contributed by atoms with Gasteiger partial charge in [0.15, 0.2) is 0 Å². The maximum Gasteiger partial charge on any atom is 0.000756 e. The molecular formula is C16H34N2. The maximum atomic E-state index is 2.65. The summed E-state index contributed by atoms with van der Waals surface area (Å²) in [5.74, 6) is 2.58. The lowest BCUT2D eigenvalue weighted by molar-refractivity contribution is 0.141. The molecule has 1 saturated heterocycles. The van der Waals surface area contributed by atoms with Crippen LogP contribution in [0, 0.1) is 17.8 Å². The van der Waals surface area contributed by atoms with Gasteiger partial charge in [0.2, 0.25) is 0 Å². The van der Waals surface area contributed by atoms with Crippen LogP contribution in [0.5, 0.6) is 0 Å². The fourth-order valence-electron chi connectivity index (χ4n) is 2.88. The molecule has 1 rings (SSSR count). The lowest BCUT2D eigenvalue weighted by atomic mass is 9.95. The molecule has 0 saturated carbocycles. The van der Waals surface area contributed by atoms with Gasteiger partial charge in [-0.3, -0.25) is 0 Å². The number of likely N-dealkylation sites (tertiary alicyclic amines) is 1. The van der Waals surface area contributed by atoms with Gasteiger partial charge in [-0.05, 0) is 63.7 Å². The number of nitrogens with zero attached hydrogens (tertiary/aromatic N) is 2. The molecule has 0 N–H and O–H groups in total. The van der Waals surface area contributed by atoms with Crippen LogP contribution in [0.2, 0.25) is 0 Å². The summed E-state index contributed by atoms with van der Waals surface area (Å²) in [5.41, 5.74) is 0. The zero-order valence-corrected chi connectivity index (χ0v) is 13.3. The average molecular weight is 254 g/mol. The molecule has 2 heteroatoms. The molecule has 2 nitrogen and oxygen atoms in total. The topological polar surface area (TPSA) is 6.48 Å². The molecule has 108 valence electrons. The molecular weight excluding hydrogens is 220 g/mol. The lowest BCUT2D eigenvalue weighted by Gasteiger charge is -2.34. The van der Waals surface area contributed by atoms with E-state index in [1.54, 1.807) is 0 Å². The van der Waals surface area contributed by atoms with Crippen LogP contribution >= 0.6 is 0 Å². The Balaban J connectivity index is 2.14. The Morgan fingerprint density at radius 1 is 1.06 bits per heavy atom. The fourth-order valence-corrected chi connectivity index (χ4v) is 2.88. The number of rotatable bonds is 7. The van der Waals surface area contributed by atoms with Crippen molar-refractivity contribution >= 4 is 0 Å². The molecule has 1 aliphatic rings. The predicted molar refractivity (Wildman–Crippen MR) is 81.0 cm³/mol. The lowest BCUT2D eigenvalue weighted by Crippen LogP contribution is -2.39. The van der Waals surface area contributed by atoms with Gasteiger partial charge in [-0.15, -0.1) is 0 Å². The fraction of sp³-hybridized carbons (Fsp3) is 1.00. The van der Waals surface area contributed by atoms with Crippen LogP contribution in [0.1, 0.15) is 47.0 Å². The summed E-state index contributed by atoms with van der Waals surface area (Å²) in [6.45, 7) is 15.8. The summed E-state index contributed by atoms with van der Waals surface area (Å²) in [6, 6.07) is 0. The second-order valence-electron chi connectivity index (χ2n) is 7.08. The van der Waals surface area contributed by atoms with Gasteiger partial charge in [-0.25, -0.2) is 0 Å². The van der Waals surface area contributed by atoms with Crippen LogP contribution in [-0.4, -0.2) is 49.6 Å². The molecule has 0 aromatic rings. The Labute approximate surface area is 115 Å². The van der Waals surface area contributed by atoms with Gasteiger partial charge in [0.25, 0.3) is 0 Å². The quantitative estimate of drug-likeness (QED) is 0.687. The van der Waals surface area contributed by atoms with E-state index in [2.05, 4.69) is 44.5 Å². The van der Waals surface area contributed by atoms with E-state index in [0.29, 0.717) is 0 Å². The first-order valence-corrected chi connectivity index (χ1v) is 7.88. The summed E-state index contributed by atoms with van der Waals surface area (Å²) in [6.07, 6.45) is 4.14. The molecule has 0 aromatic heterocycles. The van der Waals surface area contributed by atoms with E-state index in [9.17, 15) is 0 Å². The largest absolute Gasteiger partial charge is 0.306 e. The Morgan fingerprint density at radius 3 is 2.17 bits per heavy atom. The highest BCUT2D eigenvalue weighted by Crippen LogP contribution is 2.19. The van der Waals surface area contributed by atoms with Gasteiger partial charge < -0.3 is 9.80 Å². The molecule has 0 atom stereocenters. The van der Waals surface area contributed by atoms with Crippen molar-refractivity contribution in [3.05, 3.63) is 0 Å². The van der Waals surface area contributed by atoms with Crippen molar-refractivity contribution in [2.45, 2.75) is 47.0 Å². The highest BCUT2D eigenvalue weighted by Gasteiger charge is 2.20. The Hall–Kier alpha value is -0.0800. The molecule has 1 aliphatic heterocycles. The third-order valence-corrected chi connectivity index (χ3v) is 3.99. The second-order valence-corrected chi connectivity index (χ2v) is 7.08. The van der Waals surface area contributed by atoms with Crippen LogP contribution in [-0.2, 0) is 0 Å². The van der Waals surface area contributed by atoms with E-state index in [-0.39, 0.29) is 0 Å². The number of hydrogen-bond acceptors (Lipinski definition) is 2. The first kappa shape index (κ1) is 16.0. The Bertz CT molecular complexity index is 205. The van der Waals surface area contributed by atoms with Crippen molar-refractivity contribution in [1.82, 2.24) is 9.80 Å². The monoisotopic (exact) mass is 254 g/mol. The maximum absolute atomic E-state index is 2.65. The third-order valence-electron chi connectivity index (χ3n) is 3.99. The van der Waals surface area contributed by atoms with Crippen LogP contribution < -0.4 is 0 Å². The Kier molecular flexibility index (Phi) is 7.25. The molecule has 0 amide bonds. The van der Waals surface area contributed by atoms with Crippen molar-refractivity contribution in [3.8, 4) is 0 Å². The minimum atomic E-state index is 0.815. The van der Waals surface area contributed by atoms with Gasteiger partial charge in [0, 0.05) is 13.1 Å². The van der Waals surface area contributed by atoms with E-state index >= 15 is 0 Å². The minimum Gasteiger partial charge on any atom is -0.306 e. The van der Waals surface area contributed by atoms with Gasteiger partial charge >= 0.3 is 0 Å². The van der Waals surface area contributed by atoms with Crippen molar-refractivity contribution in [2.24, 2.45) is 17.8 Å². The molecule has 18 heavy (non-hydrogen) atoms. The van der Waals surface area contributed by atoms with Gasteiger partial charge in [0.1, 0.15) is 0 Å². The average Bonchev–Trinajstić information content (AvgIpc) is 2.28. The van der Waals surface area contributed by atoms with Gasteiger partial charge in [-0.2, -0.15) is 0 Å². The van der Waals surface area contributed by atoms with Crippen LogP contribution in [0.4, 0.5) is 0 Å². The van der Waals surface area contributed by atoms with Crippen LogP contribution in [0.25, 0.3) is 0 Å². The summed E-state index contributed by atoms with van der Waals surface area (Å²) in [7, 11) is 2.29. The van der Waals surface area contributed by atoms with Gasteiger partial charge in [-0.1, -0.05) is 27.7 Å². The zero-order valence-electron chi connectivity index (χ0n) is 13.3. The SMILES string of the molecule is CC(C)CCN(C)CC1CCN(CC(C)C)CC1. The number of hydrogen-bond donors (Lipinski definition) is 0. The first-order chi connectivity index (χ1) is 8.47. The molecule has 0 unspecified atom stereocenters.